The molecule has 0 saturated heterocycles. The van der Waals surface area contributed by atoms with Crippen LogP contribution in [0.3, 0.4) is 0 Å². The van der Waals surface area contributed by atoms with Crippen molar-refractivity contribution in [3.63, 3.8) is 0 Å². The van der Waals surface area contributed by atoms with E-state index in [2.05, 4.69) is 11.8 Å². The third-order valence-electron chi connectivity index (χ3n) is 4.19. The normalized spacial score (nSPS) is 9.89. The zero-order valence-corrected chi connectivity index (χ0v) is 15.2. The molecule has 0 unspecified atom stereocenters. The van der Waals surface area contributed by atoms with Gasteiger partial charge in [0.15, 0.2) is 0 Å². The second kappa shape index (κ2) is 8.65. The molecule has 0 spiro atoms. The van der Waals surface area contributed by atoms with E-state index >= 15 is 0 Å². The van der Waals surface area contributed by atoms with Gasteiger partial charge in [0.25, 0.3) is 0 Å². The van der Waals surface area contributed by atoms with Gasteiger partial charge in [-0.1, -0.05) is 36.1 Å². The minimum Gasteiger partial charge on any atom is -0.489 e. The highest BCUT2D eigenvalue weighted by molar-refractivity contribution is 5.40. The average molecular weight is 352 g/mol. The van der Waals surface area contributed by atoms with E-state index in [1.54, 1.807) is 0 Å². The summed E-state index contributed by atoms with van der Waals surface area (Å²) in [5, 5.41) is 0. The van der Waals surface area contributed by atoms with Crippen LogP contribution in [0.25, 0.3) is 0 Å². The molecule has 2 nitrogen and oxygen atoms in total. The van der Waals surface area contributed by atoms with Crippen LogP contribution >= 0.6 is 0 Å². The van der Waals surface area contributed by atoms with Crippen LogP contribution in [0.1, 0.15) is 27.8 Å². The topological polar surface area (TPSA) is 18.5 Å². The van der Waals surface area contributed by atoms with E-state index in [0.717, 1.165) is 39.3 Å². The summed E-state index contributed by atoms with van der Waals surface area (Å²) in [6.45, 7) is 2.99. The number of terminal acetylenes is 2. The van der Waals surface area contributed by atoms with E-state index in [1.807, 2.05) is 73.7 Å². The Hall–Kier alpha value is -3.62. The van der Waals surface area contributed by atoms with Gasteiger partial charge >= 0.3 is 0 Å². The molecule has 0 bridgehead atoms. The van der Waals surface area contributed by atoms with Gasteiger partial charge in [0.2, 0.25) is 0 Å². The first-order chi connectivity index (χ1) is 13.2. The molecule has 0 aliphatic rings. The lowest BCUT2D eigenvalue weighted by Crippen LogP contribution is -1.99. The molecule has 0 N–H and O–H groups in total. The molecular formula is C25H20O2. The minimum absolute atomic E-state index is 0.492. The monoisotopic (exact) mass is 352 g/mol. The van der Waals surface area contributed by atoms with Crippen molar-refractivity contribution in [3.05, 3.63) is 94.5 Å². The highest BCUT2D eigenvalue weighted by Gasteiger charge is 2.04. The standard InChI is InChI=1S/C25H20O2/c1-4-20-6-10-22(11-7-20)17-26-24-14-15-25(19(3)16-24)27-18-23-12-8-21(5-2)9-13-23/h1-2,6-16H,17-18H2,3H3. The van der Waals surface area contributed by atoms with Crippen molar-refractivity contribution in [2.45, 2.75) is 20.1 Å². The quantitative estimate of drug-likeness (QED) is 0.574. The molecule has 0 aliphatic carbocycles. The molecule has 132 valence electrons. The first-order valence-electron chi connectivity index (χ1n) is 8.65. The van der Waals surface area contributed by atoms with Crippen molar-refractivity contribution in [1.29, 1.82) is 0 Å². The largest absolute Gasteiger partial charge is 0.489 e. The number of rotatable bonds is 6. The summed E-state index contributed by atoms with van der Waals surface area (Å²) >= 11 is 0. The third-order valence-corrected chi connectivity index (χ3v) is 4.19. The van der Waals surface area contributed by atoms with Crippen LogP contribution in [0.4, 0.5) is 0 Å². The number of hydrogen-bond acceptors (Lipinski definition) is 2. The number of benzene rings is 3. The first-order valence-corrected chi connectivity index (χ1v) is 8.65. The van der Waals surface area contributed by atoms with Crippen molar-refractivity contribution in [3.8, 4) is 36.2 Å². The Morgan fingerprint density at radius 1 is 0.704 bits per heavy atom. The molecular weight excluding hydrogens is 332 g/mol. The summed E-state index contributed by atoms with van der Waals surface area (Å²) in [4.78, 5) is 0. The van der Waals surface area contributed by atoms with Gasteiger partial charge in [-0.25, -0.2) is 0 Å². The fourth-order valence-electron chi connectivity index (χ4n) is 2.60. The van der Waals surface area contributed by atoms with Crippen LogP contribution < -0.4 is 9.47 Å². The summed E-state index contributed by atoms with van der Waals surface area (Å²) in [7, 11) is 0. The van der Waals surface area contributed by atoms with Crippen LogP contribution in [-0.4, -0.2) is 0 Å². The fourth-order valence-corrected chi connectivity index (χ4v) is 2.60. The van der Waals surface area contributed by atoms with E-state index in [-0.39, 0.29) is 0 Å². The molecule has 0 heterocycles. The van der Waals surface area contributed by atoms with Crippen molar-refractivity contribution < 1.29 is 9.47 Å². The molecule has 3 aromatic rings. The average Bonchev–Trinajstić information content (AvgIpc) is 2.72. The predicted octanol–water partition coefficient (Wildman–Crippen LogP) is 5.12. The summed E-state index contributed by atoms with van der Waals surface area (Å²) in [5.74, 6) is 6.86. The maximum atomic E-state index is 5.91. The molecule has 0 aliphatic heterocycles. The van der Waals surface area contributed by atoms with E-state index in [1.165, 1.54) is 0 Å². The van der Waals surface area contributed by atoms with Gasteiger partial charge in [0.1, 0.15) is 24.7 Å². The summed E-state index contributed by atoms with van der Waals surface area (Å²) in [5.41, 5.74) is 4.90. The van der Waals surface area contributed by atoms with E-state index in [0.29, 0.717) is 13.2 Å². The Labute approximate surface area is 160 Å². The van der Waals surface area contributed by atoms with E-state index in [9.17, 15) is 0 Å². The number of aryl methyl sites for hydroxylation is 1. The van der Waals surface area contributed by atoms with Crippen LogP contribution in [0, 0.1) is 31.6 Å². The van der Waals surface area contributed by atoms with Crippen molar-refractivity contribution in [2.24, 2.45) is 0 Å². The molecule has 3 aromatic carbocycles. The molecule has 27 heavy (non-hydrogen) atoms. The van der Waals surface area contributed by atoms with Crippen molar-refractivity contribution >= 4 is 0 Å². The molecule has 2 heteroatoms. The Kier molecular flexibility index (Phi) is 5.83. The molecule has 3 rings (SSSR count). The maximum Gasteiger partial charge on any atom is 0.122 e. The number of hydrogen-bond donors (Lipinski definition) is 0. The first kappa shape index (κ1) is 18.2. The molecule has 0 amide bonds. The van der Waals surface area contributed by atoms with Crippen molar-refractivity contribution in [2.75, 3.05) is 0 Å². The van der Waals surface area contributed by atoms with Gasteiger partial charge in [0, 0.05) is 11.1 Å². The Morgan fingerprint density at radius 3 is 1.70 bits per heavy atom. The third kappa shape index (κ3) is 4.94. The molecule has 0 saturated carbocycles. The second-order valence-corrected chi connectivity index (χ2v) is 6.19. The fraction of sp³-hybridized carbons (Fsp3) is 0.120. The Morgan fingerprint density at radius 2 is 1.22 bits per heavy atom. The van der Waals surface area contributed by atoms with E-state index < -0.39 is 0 Å². The second-order valence-electron chi connectivity index (χ2n) is 6.19. The lowest BCUT2D eigenvalue weighted by Gasteiger charge is -2.12. The maximum absolute atomic E-state index is 5.91. The van der Waals surface area contributed by atoms with Gasteiger partial charge in [-0.3, -0.25) is 0 Å². The van der Waals surface area contributed by atoms with Gasteiger partial charge in [-0.15, -0.1) is 12.8 Å². The molecule has 0 aromatic heterocycles. The van der Waals surface area contributed by atoms with Gasteiger partial charge in [-0.2, -0.15) is 0 Å². The summed E-state index contributed by atoms with van der Waals surface area (Å²) in [6.07, 6.45) is 10.7. The van der Waals surface area contributed by atoms with Crippen LogP contribution in [0.2, 0.25) is 0 Å². The zero-order valence-electron chi connectivity index (χ0n) is 15.2. The molecule has 0 fully saturated rings. The summed E-state index contributed by atoms with van der Waals surface area (Å²) < 4.78 is 11.8. The van der Waals surface area contributed by atoms with Gasteiger partial charge in [-0.05, 0) is 66.1 Å². The highest BCUT2D eigenvalue weighted by Crippen LogP contribution is 2.25. The lowest BCUT2D eigenvalue weighted by atomic mass is 10.1. The minimum atomic E-state index is 0.492. The molecule has 0 atom stereocenters. The lowest BCUT2D eigenvalue weighted by molar-refractivity contribution is 0.295. The SMILES string of the molecule is C#Cc1ccc(COc2ccc(OCc3ccc(C#C)cc3)c(C)c2)cc1. The molecule has 0 radical (unpaired) electrons. The Bertz CT molecular complexity index is 984. The zero-order chi connectivity index (χ0) is 19.1. The highest BCUT2D eigenvalue weighted by atomic mass is 16.5. The van der Waals surface area contributed by atoms with Gasteiger partial charge in [0.05, 0.1) is 0 Å². The van der Waals surface area contributed by atoms with Gasteiger partial charge < -0.3 is 9.47 Å². The number of ether oxygens (including phenoxy) is 2. The van der Waals surface area contributed by atoms with Crippen LogP contribution in [-0.2, 0) is 13.2 Å². The van der Waals surface area contributed by atoms with Crippen molar-refractivity contribution in [1.82, 2.24) is 0 Å². The summed E-state index contributed by atoms with van der Waals surface area (Å²) in [6, 6.07) is 21.4. The van der Waals surface area contributed by atoms with Crippen LogP contribution in [0.5, 0.6) is 11.5 Å². The smallest absolute Gasteiger partial charge is 0.122 e. The van der Waals surface area contributed by atoms with Crippen LogP contribution in [0.15, 0.2) is 66.7 Å². The predicted molar refractivity (Wildman–Crippen MR) is 109 cm³/mol. The Balaban J connectivity index is 1.57. The van der Waals surface area contributed by atoms with E-state index in [4.69, 9.17) is 22.3 Å².